The minimum Gasteiger partial charge on any atom is -0.479 e. The van der Waals surface area contributed by atoms with E-state index in [0.717, 1.165) is 0 Å². The third kappa shape index (κ3) is 4.25. The van der Waals surface area contributed by atoms with Crippen LogP contribution in [0.25, 0.3) is 0 Å². The van der Waals surface area contributed by atoms with E-state index in [1.165, 1.54) is 0 Å². The van der Waals surface area contributed by atoms with Crippen LogP contribution in [0.2, 0.25) is 0 Å². The molecule has 0 saturated carbocycles. The first-order valence-electron chi connectivity index (χ1n) is 3.32. The molecule has 0 saturated heterocycles. The van der Waals surface area contributed by atoms with Crippen molar-refractivity contribution in [2.24, 2.45) is 0 Å². The Morgan fingerprint density at radius 1 is 1.07 bits per heavy atom. The molecule has 14 heavy (non-hydrogen) atoms. The van der Waals surface area contributed by atoms with E-state index >= 15 is 0 Å². The number of aliphatic carboxylic acids is 1. The van der Waals surface area contributed by atoms with Crippen LogP contribution in [0.1, 0.15) is 0 Å². The summed E-state index contributed by atoms with van der Waals surface area (Å²) in [4.78, 5) is 20.0. The molecular formula is C6H10O7Pt+2. The average Bonchev–Trinajstić information content (AvgIpc) is 2.12. The standard InChI is InChI=1S/C6H10O7.Pt/c7-1-2(8)3(9)4(10)5(11)6(12)13;/h1-5,8-11H,(H,12,13);/q;+2/t2-,3+,4-,5-;/m0./s1. The number of rotatable bonds is 5. The summed E-state index contributed by atoms with van der Waals surface area (Å²) in [5.41, 5.74) is 0. The molecule has 0 spiro atoms. The normalized spacial score (nSPS) is 18.6. The summed E-state index contributed by atoms with van der Waals surface area (Å²) < 4.78 is 0. The molecule has 84 valence electrons. The van der Waals surface area contributed by atoms with Gasteiger partial charge in [0.15, 0.2) is 12.4 Å². The van der Waals surface area contributed by atoms with Gasteiger partial charge in [-0.2, -0.15) is 0 Å². The minimum atomic E-state index is -2.25. The van der Waals surface area contributed by atoms with Crippen molar-refractivity contribution in [3.63, 3.8) is 0 Å². The Morgan fingerprint density at radius 3 is 1.79 bits per heavy atom. The number of carboxylic acids is 1. The number of aliphatic hydroxyl groups excluding tert-OH is 4. The second-order valence-corrected chi connectivity index (χ2v) is 2.39. The van der Waals surface area contributed by atoms with Gasteiger partial charge in [-0.25, -0.2) is 4.79 Å². The van der Waals surface area contributed by atoms with Gasteiger partial charge in [-0.15, -0.1) is 0 Å². The van der Waals surface area contributed by atoms with E-state index in [0.29, 0.717) is 0 Å². The number of hydrogen-bond donors (Lipinski definition) is 5. The van der Waals surface area contributed by atoms with Crippen molar-refractivity contribution >= 4 is 12.3 Å². The topological polar surface area (TPSA) is 135 Å². The monoisotopic (exact) mass is 389 g/mol. The molecule has 8 heteroatoms. The van der Waals surface area contributed by atoms with Crippen LogP contribution < -0.4 is 0 Å². The summed E-state index contributed by atoms with van der Waals surface area (Å²) >= 11 is 0. The number of aliphatic hydroxyl groups is 4. The quantitative estimate of drug-likeness (QED) is 0.311. The first-order chi connectivity index (χ1) is 5.91. The van der Waals surface area contributed by atoms with Gasteiger partial charge in [0.1, 0.15) is 18.3 Å². The first-order valence-corrected chi connectivity index (χ1v) is 3.32. The molecule has 0 fully saturated rings. The van der Waals surface area contributed by atoms with Gasteiger partial charge in [-0.05, 0) is 0 Å². The summed E-state index contributed by atoms with van der Waals surface area (Å²) in [5, 5.41) is 43.2. The van der Waals surface area contributed by atoms with Crippen molar-refractivity contribution in [1.29, 1.82) is 0 Å². The van der Waals surface area contributed by atoms with Gasteiger partial charge in [0.2, 0.25) is 0 Å². The molecule has 0 heterocycles. The molecule has 0 amide bonds. The smallest absolute Gasteiger partial charge is 0.479 e. The second kappa shape index (κ2) is 7.03. The van der Waals surface area contributed by atoms with E-state index in [4.69, 9.17) is 25.5 Å². The molecule has 0 radical (unpaired) electrons. The van der Waals surface area contributed by atoms with Crippen LogP contribution in [-0.2, 0) is 30.7 Å². The third-order valence-corrected chi connectivity index (χ3v) is 1.42. The third-order valence-electron chi connectivity index (χ3n) is 1.42. The first kappa shape index (κ1) is 16.1. The Hall–Kier alpha value is -0.332. The molecule has 0 unspecified atom stereocenters. The van der Waals surface area contributed by atoms with Crippen molar-refractivity contribution in [2.75, 3.05) is 0 Å². The zero-order valence-electron chi connectivity index (χ0n) is 6.76. The Kier molecular flexibility index (Phi) is 8.09. The van der Waals surface area contributed by atoms with Gasteiger partial charge in [0.05, 0.1) is 0 Å². The van der Waals surface area contributed by atoms with Gasteiger partial charge in [0, 0.05) is 0 Å². The van der Waals surface area contributed by atoms with Crippen LogP contribution in [0.5, 0.6) is 0 Å². The van der Waals surface area contributed by atoms with Crippen molar-refractivity contribution in [3.8, 4) is 0 Å². The zero-order chi connectivity index (χ0) is 10.6. The number of carbonyl (C=O) groups excluding carboxylic acids is 1. The Bertz CT molecular complexity index is 197. The molecule has 0 aromatic heterocycles. The van der Waals surface area contributed by atoms with E-state index in [9.17, 15) is 9.59 Å². The summed E-state index contributed by atoms with van der Waals surface area (Å²) in [5.74, 6) is -1.76. The van der Waals surface area contributed by atoms with Gasteiger partial charge in [-0.3, -0.25) is 0 Å². The van der Waals surface area contributed by atoms with E-state index in [1.54, 1.807) is 0 Å². The maximum Gasteiger partial charge on any atom is 2.00 e. The van der Waals surface area contributed by atoms with E-state index in [1.807, 2.05) is 0 Å². The van der Waals surface area contributed by atoms with Crippen LogP contribution in [-0.4, -0.2) is 62.2 Å². The molecule has 0 rings (SSSR count). The van der Waals surface area contributed by atoms with Crippen molar-refractivity contribution in [2.45, 2.75) is 24.4 Å². The predicted molar refractivity (Wildman–Crippen MR) is 37.7 cm³/mol. The van der Waals surface area contributed by atoms with Crippen LogP contribution in [0.15, 0.2) is 0 Å². The molecule has 4 atom stereocenters. The Labute approximate surface area is 93.2 Å². The fourth-order valence-electron chi connectivity index (χ4n) is 0.615. The predicted octanol–water partition coefficient (Wildman–Crippen LogP) is -3.29. The van der Waals surface area contributed by atoms with Crippen LogP contribution >= 0.6 is 0 Å². The molecule has 0 bridgehead atoms. The summed E-state index contributed by atoms with van der Waals surface area (Å²) in [6.07, 6.45) is -8.39. The maximum atomic E-state index is 10.1. The molecule has 7 nitrogen and oxygen atoms in total. The Balaban J connectivity index is 0. The molecular weight excluding hydrogens is 379 g/mol. The molecule has 5 N–H and O–H groups in total. The largest absolute Gasteiger partial charge is 2.00 e. The Morgan fingerprint density at radius 2 is 1.50 bits per heavy atom. The van der Waals surface area contributed by atoms with Crippen LogP contribution in [0.4, 0.5) is 0 Å². The van der Waals surface area contributed by atoms with Gasteiger partial charge < -0.3 is 30.3 Å². The molecule has 0 aliphatic carbocycles. The summed E-state index contributed by atoms with van der Waals surface area (Å²) in [6.45, 7) is 0. The number of aldehydes is 1. The van der Waals surface area contributed by atoms with Gasteiger partial charge in [0.25, 0.3) is 0 Å². The molecule has 0 aromatic carbocycles. The average molecular weight is 389 g/mol. The number of carbonyl (C=O) groups is 2. The maximum absolute atomic E-state index is 10.1. The fourth-order valence-corrected chi connectivity index (χ4v) is 0.615. The summed E-state index contributed by atoms with van der Waals surface area (Å²) in [6, 6.07) is 0. The van der Waals surface area contributed by atoms with Gasteiger partial charge >= 0.3 is 27.0 Å². The van der Waals surface area contributed by atoms with E-state index < -0.39 is 30.4 Å². The zero-order valence-corrected chi connectivity index (χ0v) is 9.03. The fraction of sp³-hybridized carbons (Fsp3) is 0.667. The van der Waals surface area contributed by atoms with Crippen molar-refractivity contribution < 1.29 is 56.2 Å². The van der Waals surface area contributed by atoms with E-state index in [-0.39, 0.29) is 27.4 Å². The molecule has 0 aliphatic rings. The number of carboxylic acid groups (broad SMARTS) is 1. The molecule has 0 aliphatic heterocycles. The molecule has 0 aromatic rings. The second-order valence-electron chi connectivity index (χ2n) is 2.39. The van der Waals surface area contributed by atoms with Crippen molar-refractivity contribution in [3.05, 3.63) is 0 Å². The SMILES string of the molecule is O=C[C@H](O)[C@@H](O)[C@H](O)[C@H](O)C(=O)O.[Pt+2]. The van der Waals surface area contributed by atoms with Crippen LogP contribution in [0, 0.1) is 0 Å². The van der Waals surface area contributed by atoms with Crippen molar-refractivity contribution in [1.82, 2.24) is 0 Å². The minimum absolute atomic E-state index is 0. The number of hydrogen-bond acceptors (Lipinski definition) is 6. The summed E-state index contributed by atoms with van der Waals surface area (Å²) in [7, 11) is 0. The van der Waals surface area contributed by atoms with Gasteiger partial charge in [-0.1, -0.05) is 0 Å². The van der Waals surface area contributed by atoms with E-state index in [2.05, 4.69) is 0 Å². The van der Waals surface area contributed by atoms with Crippen LogP contribution in [0.3, 0.4) is 0 Å².